The third kappa shape index (κ3) is 17.4. The average molecular weight is 1020 g/mol. The Kier molecular flexibility index (Phi) is 20.5. The zero-order valence-corrected chi connectivity index (χ0v) is 43.3. The number of likely N-dealkylation sites (N-methyl/N-ethyl adjacent to an activating group) is 1. The number of nitrogens with zero attached hydrogens (tertiary/aromatic N) is 1. The highest BCUT2D eigenvalue weighted by molar-refractivity contribution is 8.05. The van der Waals surface area contributed by atoms with E-state index in [2.05, 4.69) is 13.8 Å². The lowest BCUT2D eigenvalue weighted by molar-refractivity contribution is -0.870. The molecule has 6 rings (SSSR count). The van der Waals surface area contributed by atoms with Crippen molar-refractivity contribution in [2.45, 2.75) is 94.0 Å². The van der Waals surface area contributed by atoms with Crippen molar-refractivity contribution in [1.82, 2.24) is 0 Å². The minimum absolute atomic E-state index is 0.0727. The predicted octanol–water partition coefficient (Wildman–Crippen LogP) is 11.3. The molecule has 0 amide bonds. The number of fused-ring (bicyclic) bond motifs is 2. The van der Waals surface area contributed by atoms with Gasteiger partial charge in [0.25, 0.3) is 0 Å². The van der Waals surface area contributed by atoms with E-state index in [1.165, 1.54) is 49.2 Å². The van der Waals surface area contributed by atoms with Gasteiger partial charge in [-0.15, -0.1) is 0 Å². The first-order valence-corrected chi connectivity index (χ1v) is 27.1. The van der Waals surface area contributed by atoms with Crippen molar-refractivity contribution in [3.05, 3.63) is 128 Å². The number of ketones is 2. The van der Waals surface area contributed by atoms with E-state index in [-0.39, 0.29) is 31.0 Å². The number of ether oxygens (including phenoxy) is 4. The van der Waals surface area contributed by atoms with E-state index in [1.54, 1.807) is 36.4 Å². The van der Waals surface area contributed by atoms with Gasteiger partial charge in [0.15, 0.2) is 6.10 Å². The van der Waals surface area contributed by atoms with Gasteiger partial charge in [-0.2, -0.15) is 0 Å². The van der Waals surface area contributed by atoms with E-state index in [0.29, 0.717) is 66.1 Å². The van der Waals surface area contributed by atoms with Crippen LogP contribution in [0.25, 0.3) is 12.2 Å². The van der Waals surface area contributed by atoms with E-state index in [0.717, 1.165) is 48.3 Å². The molecule has 0 aromatic heterocycles. The molecule has 13 nitrogen and oxygen atoms in total. The fourth-order valence-electron chi connectivity index (χ4n) is 7.30. The van der Waals surface area contributed by atoms with Gasteiger partial charge in [0.05, 0.1) is 63.6 Å². The Bertz CT molecular complexity index is 2550. The molecule has 0 fully saturated rings. The number of hydrogen-bond acceptors (Lipinski definition) is 13. The molecule has 2 heterocycles. The SMILES string of the molecule is CCCCCCOc1ccc(/C=C2\Sc3cc(CC(=O)O[C@H](COC(=O)Cc4ccc5c(c4)S/C(=C/c4ccc(OCCCCCC)cc4)C5=O)COP(=O)(O)OCC[N+](C)(C)C)ccc3C2=O)cc1. The van der Waals surface area contributed by atoms with E-state index < -0.39 is 39.1 Å². The van der Waals surface area contributed by atoms with E-state index in [1.807, 2.05) is 81.8 Å². The molecule has 16 heteroatoms. The highest BCUT2D eigenvalue weighted by Crippen LogP contribution is 2.44. The summed E-state index contributed by atoms with van der Waals surface area (Å²) in [4.78, 5) is 66.2. The number of thioether (sulfide) groups is 2. The summed E-state index contributed by atoms with van der Waals surface area (Å²) in [6, 6.07) is 25.5. The van der Waals surface area contributed by atoms with Gasteiger partial charge in [-0.3, -0.25) is 28.2 Å². The van der Waals surface area contributed by atoms with Crippen LogP contribution in [0.3, 0.4) is 0 Å². The number of Topliss-reactive ketones (excluding diaryl/α,β-unsaturated/α-hetero) is 2. The largest absolute Gasteiger partial charge is 0.494 e. The lowest BCUT2D eigenvalue weighted by atomic mass is 10.1. The number of hydrogen-bond donors (Lipinski definition) is 1. The maximum Gasteiger partial charge on any atom is 0.472 e. The van der Waals surface area contributed by atoms with Crippen LogP contribution in [-0.4, -0.2) is 99.7 Å². The van der Waals surface area contributed by atoms with Crippen LogP contribution in [0.1, 0.15) is 108 Å². The minimum atomic E-state index is -4.58. The van der Waals surface area contributed by atoms with Crippen LogP contribution in [0.2, 0.25) is 0 Å². The maximum absolute atomic E-state index is 13.4. The molecule has 0 saturated heterocycles. The zero-order chi connectivity index (χ0) is 50.1. The molecule has 4 aromatic rings. The number of benzene rings is 4. The van der Waals surface area contributed by atoms with Gasteiger partial charge in [0, 0.05) is 20.9 Å². The van der Waals surface area contributed by atoms with Gasteiger partial charge in [-0.05, 0) is 95.8 Å². The highest BCUT2D eigenvalue weighted by atomic mass is 32.2. The second-order valence-electron chi connectivity index (χ2n) is 18.3. The van der Waals surface area contributed by atoms with Crippen molar-refractivity contribution in [1.29, 1.82) is 0 Å². The number of rotatable bonds is 28. The summed E-state index contributed by atoms with van der Waals surface area (Å²) < 4.78 is 46.6. The molecule has 374 valence electrons. The molecule has 0 spiro atoms. The summed E-state index contributed by atoms with van der Waals surface area (Å²) in [5, 5.41) is 0. The molecule has 0 aliphatic carbocycles. The van der Waals surface area contributed by atoms with E-state index in [4.69, 9.17) is 28.0 Å². The maximum atomic E-state index is 13.4. The number of carbonyl (C=O) groups is 4. The van der Waals surface area contributed by atoms with Crippen molar-refractivity contribution in [3.63, 3.8) is 0 Å². The van der Waals surface area contributed by atoms with Crippen molar-refractivity contribution in [2.24, 2.45) is 0 Å². The average Bonchev–Trinajstić information content (AvgIpc) is 3.80. The Labute approximate surface area is 420 Å². The Hall–Kier alpha value is -4.99. The molecular formula is C54H65NO12PS2+. The van der Waals surface area contributed by atoms with Crippen molar-refractivity contribution >= 4 is 67.0 Å². The smallest absolute Gasteiger partial charge is 0.472 e. The summed E-state index contributed by atoms with van der Waals surface area (Å²) in [5.41, 5.74) is 3.94. The summed E-state index contributed by atoms with van der Waals surface area (Å²) in [7, 11) is 1.12. The topological polar surface area (TPSA) is 161 Å². The van der Waals surface area contributed by atoms with Crippen molar-refractivity contribution < 1.29 is 61.1 Å². The third-order valence-corrected chi connectivity index (χ3v) is 14.4. The van der Waals surface area contributed by atoms with Crippen LogP contribution in [0.15, 0.2) is 105 Å². The molecule has 1 N–H and O–H groups in total. The number of unbranched alkanes of at least 4 members (excludes halogenated alkanes) is 6. The van der Waals surface area contributed by atoms with Gasteiger partial charge >= 0.3 is 19.8 Å². The molecule has 0 saturated carbocycles. The van der Waals surface area contributed by atoms with Gasteiger partial charge in [-0.1, -0.05) is 112 Å². The van der Waals surface area contributed by atoms with Gasteiger partial charge in [0.1, 0.15) is 31.3 Å². The zero-order valence-electron chi connectivity index (χ0n) is 40.8. The Morgan fingerprint density at radius 3 is 1.59 bits per heavy atom. The van der Waals surface area contributed by atoms with Crippen LogP contribution in [0, 0.1) is 0 Å². The minimum Gasteiger partial charge on any atom is -0.494 e. The fourth-order valence-corrected chi connectivity index (χ4v) is 10.3. The Morgan fingerprint density at radius 1 is 0.629 bits per heavy atom. The summed E-state index contributed by atoms with van der Waals surface area (Å²) in [5.74, 6) is -0.0418. The quantitative estimate of drug-likeness (QED) is 0.0188. The van der Waals surface area contributed by atoms with Gasteiger partial charge in [0.2, 0.25) is 11.6 Å². The molecule has 70 heavy (non-hydrogen) atoms. The first-order valence-electron chi connectivity index (χ1n) is 24.0. The number of esters is 2. The number of phosphoric acid groups is 1. The molecule has 0 bridgehead atoms. The normalized spacial score (nSPS) is 15.7. The van der Waals surface area contributed by atoms with Crippen molar-refractivity contribution in [2.75, 3.05) is 60.7 Å². The van der Waals surface area contributed by atoms with Crippen LogP contribution in [0.5, 0.6) is 11.5 Å². The predicted molar refractivity (Wildman–Crippen MR) is 274 cm³/mol. The molecule has 2 atom stereocenters. The third-order valence-electron chi connectivity index (χ3n) is 11.2. The molecule has 0 radical (unpaired) electrons. The van der Waals surface area contributed by atoms with Crippen molar-refractivity contribution in [3.8, 4) is 11.5 Å². The lowest BCUT2D eigenvalue weighted by Crippen LogP contribution is -2.37. The number of phosphoric ester groups is 1. The molecule has 2 aliphatic rings. The number of quaternary nitrogens is 1. The van der Waals surface area contributed by atoms with Gasteiger partial charge < -0.3 is 28.3 Å². The Morgan fingerprint density at radius 2 is 1.11 bits per heavy atom. The highest BCUT2D eigenvalue weighted by Gasteiger charge is 2.30. The van der Waals surface area contributed by atoms with Crippen LogP contribution >= 0.6 is 31.3 Å². The molecule has 4 aromatic carbocycles. The monoisotopic (exact) mass is 1010 g/mol. The fraction of sp³-hybridized carbons (Fsp3) is 0.407. The molecule has 2 aliphatic heterocycles. The van der Waals surface area contributed by atoms with Crippen LogP contribution < -0.4 is 9.47 Å². The summed E-state index contributed by atoms with van der Waals surface area (Å²) in [6.45, 7) is 4.93. The second-order valence-corrected chi connectivity index (χ2v) is 21.9. The van der Waals surface area contributed by atoms with E-state index >= 15 is 0 Å². The lowest BCUT2D eigenvalue weighted by Gasteiger charge is -2.24. The number of carbonyl (C=O) groups excluding carboxylic acids is 4. The summed E-state index contributed by atoms with van der Waals surface area (Å²) >= 11 is 2.64. The van der Waals surface area contributed by atoms with E-state index in [9.17, 15) is 28.6 Å². The molecular weight excluding hydrogens is 950 g/mol. The first-order chi connectivity index (χ1) is 33.6. The number of allylic oxidation sites excluding steroid dienone is 2. The standard InChI is InChI=1S/C54H64NO12PS2/c1-6-8-10-12-27-62-42-20-14-38(15-21-42)30-49-53(58)45-24-18-40(32-47(45)69-49)34-51(56)64-36-44(37-66-68(60,61)65-29-26-55(3,4)5)67-52(57)35-41-19-25-46-48(33-41)70-50(54(46)59)31-39-16-22-43(23-17-39)63-28-13-11-9-7-2/h14-25,30-33,44H,6-13,26-29,34-37H2,1-5H3/p+1/b49-30+,50-31-/t44-/m1/s1. The van der Waals surface area contributed by atoms with Crippen LogP contribution in [-0.2, 0) is 45.5 Å². The summed E-state index contributed by atoms with van der Waals surface area (Å²) in [6.07, 6.45) is 11.0. The van der Waals surface area contributed by atoms with Gasteiger partial charge in [-0.25, -0.2) is 4.57 Å². The molecule has 1 unspecified atom stereocenters. The first kappa shape index (κ1) is 54.3. The van der Waals surface area contributed by atoms with Crippen LogP contribution in [0.4, 0.5) is 0 Å². The Balaban J connectivity index is 1.04. The second kappa shape index (κ2) is 26.5.